The van der Waals surface area contributed by atoms with Gasteiger partial charge in [0.25, 0.3) is 0 Å². The van der Waals surface area contributed by atoms with Crippen molar-refractivity contribution >= 4 is 21.6 Å². The predicted molar refractivity (Wildman–Crippen MR) is 88.7 cm³/mol. The van der Waals surface area contributed by atoms with Crippen LogP contribution >= 0.6 is 11.6 Å². The molecule has 2 fully saturated rings. The molecule has 0 N–H and O–H groups in total. The summed E-state index contributed by atoms with van der Waals surface area (Å²) in [5.41, 5.74) is 0.288. The van der Waals surface area contributed by atoms with Gasteiger partial charge < -0.3 is 0 Å². The number of benzene rings is 1. The zero-order valence-electron chi connectivity index (χ0n) is 13.1. The van der Waals surface area contributed by atoms with Crippen LogP contribution in [0, 0.1) is 11.3 Å². The molecule has 2 saturated heterocycles. The summed E-state index contributed by atoms with van der Waals surface area (Å²) in [5, 5.41) is 9.11. The maximum Gasteiger partial charge on any atom is 0.243 e. The third-order valence-electron chi connectivity index (χ3n) is 4.80. The summed E-state index contributed by atoms with van der Waals surface area (Å²) in [6, 6.07) is 6.52. The number of halogens is 1. The summed E-state index contributed by atoms with van der Waals surface area (Å²) in [6.45, 7) is 4.31. The fourth-order valence-electron chi connectivity index (χ4n) is 3.54. The first-order chi connectivity index (χ1) is 10.9. The minimum absolute atomic E-state index is 0.0660. The molecule has 2 heterocycles. The van der Waals surface area contributed by atoms with Gasteiger partial charge in [-0.2, -0.15) is 9.57 Å². The molecule has 1 aromatic carbocycles. The monoisotopic (exact) mass is 353 g/mol. The van der Waals surface area contributed by atoms with E-state index >= 15 is 0 Å². The minimum atomic E-state index is -3.60. The number of piperidine rings is 1. The Balaban J connectivity index is 1.90. The van der Waals surface area contributed by atoms with Crippen LogP contribution in [-0.4, -0.2) is 49.3 Å². The smallest absolute Gasteiger partial charge is 0.243 e. The first kappa shape index (κ1) is 16.7. The second-order valence-corrected chi connectivity index (χ2v) is 8.62. The highest BCUT2D eigenvalue weighted by molar-refractivity contribution is 7.89. The van der Waals surface area contributed by atoms with Crippen molar-refractivity contribution in [3.05, 3.63) is 28.8 Å². The fraction of sp³-hybridized carbons (Fsp3) is 0.562. The lowest BCUT2D eigenvalue weighted by Crippen LogP contribution is -2.59. The van der Waals surface area contributed by atoms with Gasteiger partial charge in [0.2, 0.25) is 10.0 Å². The molecule has 0 bridgehead atoms. The van der Waals surface area contributed by atoms with E-state index in [0.29, 0.717) is 12.6 Å². The lowest BCUT2D eigenvalue weighted by Gasteiger charge is -2.46. The largest absolute Gasteiger partial charge is 0.297 e. The second-order valence-electron chi connectivity index (χ2n) is 6.32. The van der Waals surface area contributed by atoms with Gasteiger partial charge in [-0.3, -0.25) is 4.90 Å². The van der Waals surface area contributed by atoms with Gasteiger partial charge in [0.1, 0.15) is 6.07 Å². The van der Waals surface area contributed by atoms with Gasteiger partial charge in [0.15, 0.2) is 0 Å². The standard InChI is InChI=1S/C16H20ClN3O2S/c1-12-10-19-7-3-2-4-14(19)11-20(12)23(21,22)15-6-5-13(9-18)16(17)8-15/h5-6,8,12,14H,2-4,7,10-11H2,1H3. The second kappa shape index (κ2) is 6.40. The first-order valence-corrected chi connectivity index (χ1v) is 9.71. The summed E-state index contributed by atoms with van der Waals surface area (Å²) < 4.78 is 27.6. The Hall–Kier alpha value is -1.13. The quantitative estimate of drug-likeness (QED) is 0.819. The zero-order valence-corrected chi connectivity index (χ0v) is 14.6. The van der Waals surface area contributed by atoms with Crippen LogP contribution in [0.25, 0.3) is 0 Å². The van der Waals surface area contributed by atoms with Crippen LogP contribution < -0.4 is 0 Å². The number of piperazine rings is 1. The molecule has 124 valence electrons. The molecule has 23 heavy (non-hydrogen) atoms. The topological polar surface area (TPSA) is 64.4 Å². The fourth-order valence-corrected chi connectivity index (χ4v) is 5.52. The summed E-state index contributed by atoms with van der Waals surface area (Å²) in [7, 11) is -3.60. The third kappa shape index (κ3) is 3.11. The summed E-state index contributed by atoms with van der Waals surface area (Å²) in [4.78, 5) is 2.57. The SMILES string of the molecule is CC1CN2CCCCC2CN1S(=O)(=O)c1ccc(C#N)c(Cl)c1. The van der Waals surface area contributed by atoms with E-state index in [2.05, 4.69) is 4.90 Å². The van der Waals surface area contributed by atoms with E-state index in [-0.39, 0.29) is 21.5 Å². The summed E-state index contributed by atoms with van der Waals surface area (Å²) in [5.74, 6) is 0. The molecule has 1 aromatic rings. The van der Waals surface area contributed by atoms with Crippen molar-refractivity contribution in [2.45, 2.75) is 43.2 Å². The molecule has 0 spiro atoms. The van der Waals surface area contributed by atoms with E-state index in [1.807, 2.05) is 13.0 Å². The van der Waals surface area contributed by atoms with Gasteiger partial charge in [-0.1, -0.05) is 18.0 Å². The Morgan fingerprint density at radius 2 is 2.09 bits per heavy atom. The van der Waals surface area contributed by atoms with Gasteiger partial charge in [0, 0.05) is 25.2 Å². The summed E-state index contributed by atoms with van der Waals surface area (Å²) in [6.07, 6.45) is 3.40. The number of nitriles is 1. The van der Waals surface area contributed by atoms with E-state index < -0.39 is 10.0 Å². The molecule has 0 saturated carbocycles. The Morgan fingerprint density at radius 1 is 1.30 bits per heavy atom. The van der Waals surface area contributed by atoms with Crippen LogP contribution in [0.4, 0.5) is 0 Å². The van der Waals surface area contributed by atoms with Crippen LogP contribution in [0.5, 0.6) is 0 Å². The Labute approximate surface area is 142 Å². The molecular formula is C16H20ClN3O2S. The summed E-state index contributed by atoms with van der Waals surface area (Å²) >= 11 is 6.01. The molecular weight excluding hydrogens is 334 g/mol. The molecule has 3 rings (SSSR count). The highest BCUT2D eigenvalue weighted by Gasteiger charge is 2.39. The van der Waals surface area contributed by atoms with Crippen molar-refractivity contribution in [3.63, 3.8) is 0 Å². The lowest BCUT2D eigenvalue weighted by molar-refractivity contribution is 0.0564. The van der Waals surface area contributed by atoms with Crippen molar-refractivity contribution in [1.29, 1.82) is 5.26 Å². The van der Waals surface area contributed by atoms with Gasteiger partial charge in [-0.25, -0.2) is 8.42 Å². The number of rotatable bonds is 2. The molecule has 2 aliphatic rings. The number of hydrogen-bond acceptors (Lipinski definition) is 4. The maximum absolute atomic E-state index is 13.0. The van der Waals surface area contributed by atoms with Gasteiger partial charge >= 0.3 is 0 Å². The van der Waals surface area contributed by atoms with Crippen LogP contribution in [0.1, 0.15) is 31.7 Å². The van der Waals surface area contributed by atoms with Crippen LogP contribution in [0.2, 0.25) is 5.02 Å². The van der Waals surface area contributed by atoms with Crippen LogP contribution in [0.15, 0.2) is 23.1 Å². The van der Waals surface area contributed by atoms with Crippen molar-refractivity contribution in [2.24, 2.45) is 0 Å². The van der Waals surface area contributed by atoms with Crippen LogP contribution in [-0.2, 0) is 10.0 Å². The predicted octanol–water partition coefficient (Wildman–Crippen LogP) is 2.46. The molecule has 0 aromatic heterocycles. The van der Waals surface area contributed by atoms with Gasteiger partial charge in [0.05, 0.1) is 15.5 Å². The molecule has 5 nitrogen and oxygen atoms in total. The van der Waals surface area contributed by atoms with E-state index in [4.69, 9.17) is 16.9 Å². The van der Waals surface area contributed by atoms with E-state index in [1.54, 1.807) is 4.31 Å². The number of fused-ring (bicyclic) bond motifs is 1. The van der Waals surface area contributed by atoms with Crippen molar-refractivity contribution in [1.82, 2.24) is 9.21 Å². The van der Waals surface area contributed by atoms with Crippen LogP contribution in [0.3, 0.4) is 0 Å². The van der Waals surface area contributed by atoms with Gasteiger partial charge in [-0.15, -0.1) is 0 Å². The lowest BCUT2D eigenvalue weighted by atomic mass is 9.99. The Morgan fingerprint density at radius 3 is 2.78 bits per heavy atom. The van der Waals surface area contributed by atoms with E-state index in [9.17, 15) is 8.42 Å². The van der Waals surface area contributed by atoms with Gasteiger partial charge in [-0.05, 0) is 44.5 Å². The Kier molecular flexibility index (Phi) is 4.65. The number of hydrogen-bond donors (Lipinski definition) is 0. The van der Waals surface area contributed by atoms with Crippen molar-refractivity contribution in [3.8, 4) is 6.07 Å². The molecule has 7 heteroatoms. The third-order valence-corrected chi connectivity index (χ3v) is 7.09. The molecule has 0 aliphatic carbocycles. The molecule has 0 radical (unpaired) electrons. The molecule has 2 atom stereocenters. The van der Waals surface area contributed by atoms with E-state index in [0.717, 1.165) is 25.9 Å². The number of nitrogens with zero attached hydrogens (tertiary/aromatic N) is 3. The Bertz CT molecular complexity index is 744. The molecule has 2 unspecified atom stereocenters. The number of sulfonamides is 1. The highest BCUT2D eigenvalue weighted by atomic mass is 35.5. The average molecular weight is 354 g/mol. The highest BCUT2D eigenvalue weighted by Crippen LogP contribution is 2.30. The molecule has 2 aliphatic heterocycles. The van der Waals surface area contributed by atoms with Crippen molar-refractivity contribution < 1.29 is 8.42 Å². The maximum atomic E-state index is 13.0. The van der Waals surface area contributed by atoms with E-state index in [1.165, 1.54) is 24.6 Å². The molecule has 0 amide bonds. The minimum Gasteiger partial charge on any atom is -0.297 e. The zero-order chi connectivity index (χ0) is 16.6. The normalized spacial score (nSPS) is 26.5. The van der Waals surface area contributed by atoms with Crippen molar-refractivity contribution in [2.75, 3.05) is 19.6 Å². The first-order valence-electron chi connectivity index (χ1n) is 7.89. The average Bonchev–Trinajstić information content (AvgIpc) is 2.54.